The first-order chi connectivity index (χ1) is 8.38. The fourth-order valence-corrected chi connectivity index (χ4v) is 1.84. The predicted octanol–water partition coefficient (Wildman–Crippen LogP) is 2.94. The maximum atomic E-state index is 11.6. The summed E-state index contributed by atoms with van der Waals surface area (Å²) in [6.07, 6.45) is 1.55. The van der Waals surface area contributed by atoms with Gasteiger partial charge in [0.2, 0.25) is 5.91 Å². The van der Waals surface area contributed by atoms with E-state index in [1.165, 1.54) is 6.20 Å². The Morgan fingerprint density at radius 1 is 1.56 bits per heavy atom. The number of carbonyl (C=O) groups is 2. The van der Waals surface area contributed by atoms with Gasteiger partial charge in [0.15, 0.2) is 0 Å². The summed E-state index contributed by atoms with van der Waals surface area (Å²) in [5, 5.41) is 11.5. The van der Waals surface area contributed by atoms with Gasteiger partial charge in [-0.25, -0.2) is 4.98 Å². The van der Waals surface area contributed by atoms with Gasteiger partial charge in [-0.1, -0.05) is 18.5 Å². The van der Waals surface area contributed by atoms with Crippen LogP contribution in [0.4, 0.5) is 5.69 Å². The molecule has 98 valence electrons. The Hall–Kier alpha value is -1.14. The first-order valence-corrected chi connectivity index (χ1v) is 6.38. The number of hydrogen-bond donors (Lipinski definition) is 2. The molecule has 1 unspecified atom stereocenters. The average Bonchev–Trinajstić information content (AvgIpc) is 2.21. The first-order valence-electron chi connectivity index (χ1n) is 5.21. The molecular weight excluding hydrogens is 323 g/mol. The van der Waals surface area contributed by atoms with Crippen LogP contribution in [0, 0.1) is 5.92 Å². The minimum atomic E-state index is -0.911. The summed E-state index contributed by atoms with van der Waals surface area (Å²) in [5.74, 6) is -1.38. The van der Waals surface area contributed by atoms with Gasteiger partial charge in [-0.15, -0.1) is 0 Å². The van der Waals surface area contributed by atoms with E-state index in [4.69, 9.17) is 16.7 Å². The summed E-state index contributed by atoms with van der Waals surface area (Å²) in [4.78, 5) is 26.0. The molecule has 0 aromatic carbocycles. The minimum Gasteiger partial charge on any atom is -0.481 e. The largest absolute Gasteiger partial charge is 0.481 e. The number of amides is 1. The number of nitrogens with zero attached hydrogens (tertiary/aromatic N) is 1. The number of pyridine rings is 1. The molecule has 1 atom stereocenters. The molecule has 1 amide bonds. The highest BCUT2D eigenvalue weighted by atomic mass is 79.9. The van der Waals surface area contributed by atoms with E-state index in [2.05, 4.69) is 26.2 Å². The molecule has 0 aliphatic carbocycles. The number of carbonyl (C=O) groups excluding carboxylic acids is 1. The van der Waals surface area contributed by atoms with E-state index < -0.39 is 5.97 Å². The fraction of sp³-hybridized carbons (Fsp3) is 0.364. The third-order valence-electron chi connectivity index (χ3n) is 2.14. The summed E-state index contributed by atoms with van der Waals surface area (Å²) in [6, 6.07) is 1.63. The van der Waals surface area contributed by atoms with E-state index in [1.54, 1.807) is 13.0 Å². The molecule has 0 spiro atoms. The highest BCUT2D eigenvalue weighted by Gasteiger charge is 2.13. The van der Waals surface area contributed by atoms with Crippen LogP contribution in [0.2, 0.25) is 5.15 Å². The Labute approximate surface area is 118 Å². The Morgan fingerprint density at radius 2 is 2.22 bits per heavy atom. The number of aromatic nitrogens is 1. The van der Waals surface area contributed by atoms with Crippen molar-refractivity contribution in [3.8, 4) is 0 Å². The van der Waals surface area contributed by atoms with Crippen molar-refractivity contribution >= 4 is 45.1 Å². The molecule has 1 rings (SSSR count). The highest BCUT2D eigenvalue weighted by Crippen LogP contribution is 2.23. The van der Waals surface area contributed by atoms with Crippen LogP contribution in [0.3, 0.4) is 0 Å². The summed E-state index contributed by atoms with van der Waals surface area (Å²) in [5.41, 5.74) is 0.513. The summed E-state index contributed by atoms with van der Waals surface area (Å²) < 4.78 is 0.584. The summed E-state index contributed by atoms with van der Waals surface area (Å²) in [6.45, 7) is 1.71. The molecule has 0 saturated carbocycles. The molecule has 1 aromatic heterocycles. The van der Waals surface area contributed by atoms with Crippen molar-refractivity contribution in [1.29, 1.82) is 0 Å². The van der Waals surface area contributed by atoms with Gasteiger partial charge in [0.1, 0.15) is 5.15 Å². The van der Waals surface area contributed by atoms with E-state index in [0.717, 1.165) is 0 Å². The zero-order valence-corrected chi connectivity index (χ0v) is 12.0. The normalized spacial score (nSPS) is 11.9. The lowest BCUT2D eigenvalue weighted by Gasteiger charge is -2.09. The lowest BCUT2D eigenvalue weighted by atomic mass is 10.0. The van der Waals surface area contributed by atoms with E-state index in [9.17, 15) is 9.59 Å². The third kappa shape index (κ3) is 5.01. The van der Waals surface area contributed by atoms with Crippen LogP contribution in [0.1, 0.15) is 19.8 Å². The molecule has 0 fully saturated rings. The number of carboxylic acids is 1. The monoisotopic (exact) mass is 334 g/mol. The van der Waals surface area contributed by atoms with Crippen molar-refractivity contribution in [3.63, 3.8) is 0 Å². The van der Waals surface area contributed by atoms with Crippen molar-refractivity contribution in [1.82, 2.24) is 4.98 Å². The van der Waals surface area contributed by atoms with Crippen LogP contribution in [-0.4, -0.2) is 22.0 Å². The molecule has 1 heterocycles. The van der Waals surface area contributed by atoms with E-state index >= 15 is 0 Å². The molecule has 18 heavy (non-hydrogen) atoms. The Balaban J connectivity index is 2.54. The predicted molar refractivity (Wildman–Crippen MR) is 71.6 cm³/mol. The lowest BCUT2D eigenvalue weighted by Crippen LogP contribution is -2.17. The number of aliphatic carboxylic acids is 1. The molecule has 7 heteroatoms. The summed E-state index contributed by atoms with van der Waals surface area (Å²) in [7, 11) is 0. The second-order valence-electron chi connectivity index (χ2n) is 3.95. The van der Waals surface area contributed by atoms with Gasteiger partial charge in [-0.2, -0.15) is 0 Å². The maximum absolute atomic E-state index is 11.6. The van der Waals surface area contributed by atoms with Crippen molar-refractivity contribution in [2.75, 3.05) is 5.32 Å². The highest BCUT2D eigenvalue weighted by molar-refractivity contribution is 9.10. The van der Waals surface area contributed by atoms with Crippen molar-refractivity contribution < 1.29 is 14.7 Å². The van der Waals surface area contributed by atoms with Gasteiger partial charge in [0.05, 0.1) is 16.4 Å². The Morgan fingerprint density at radius 3 is 2.78 bits per heavy atom. The van der Waals surface area contributed by atoms with E-state index in [-0.39, 0.29) is 24.7 Å². The van der Waals surface area contributed by atoms with Crippen LogP contribution in [0.5, 0.6) is 0 Å². The minimum absolute atomic E-state index is 0.0318. The number of anilines is 1. The van der Waals surface area contributed by atoms with Gasteiger partial charge >= 0.3 is 5.97 Å². The maximum Gasteiger partial charge on any atom is 0.303 e. The van der Waals surface area contributed by atoms with Crippen LogP contribution < -0.4 is 5.32 Å². The molecule has 2 N–H and O–H groups in total. The van der Waals surface area contributed by atoms with Gasteiger partial charge in [-0.05, 0) is 27.9 Å². The average molecular weight is 336 g/mol. The Bertz CT molecular complexity index is 468. The standard InChI is InChI=1S/C11H12BrClN2O3/c1-6(3-10(17)18)2-9(16)15-7-4-8(12)11(13)14-5-7/h4-6H,2-3H2,1H3,(H,15,16)(H,17,18). The molecule has 0 saturated heterocycles. The molecule has 1 aromatic rings. The van der Waals surface area contributed by atoms with Crippen LogP contribution >= 0.6 is 27.5 Å². The van der Waals surface area contributed by atoms with E-state index in [1.807, 2.05) is 0 Å². The van der Waals surface area contributed by atoms with Gasteiger partial charge in [0, 0.05) is 12.8 Å². The second-order valence-corrected chi connectivity index (χ2v) is 5.16. The third-order valence-corrected chi connectivity index (χ3v) is 3.27. The molecule has 0 bridgehead atoms. The number of rotatable bonds is 5. The topological polar surface area (TPSA) is 79.3 Å². The Kier molecular flexibility index (Phi) is 5.55. The molecule has 5 nitrogen and oxygen atoms in total. The van der Waals surface area contributed by atoms with Gasteiger partial charge in [0.25, 0.3) is 0 Å². The van der Waals surface area contributed by atoms with Crippen LogP contribution in [0.25, 0.3) is 0 Å². The second kappa shape index (κ2) is 6.70. The lowest BCUT2D eigenvalue weighted by molar-refractivity contribution is -0.138. The molecule has 0 radical (unpaired) electrons. The summed E-state index contributed by atoms with van der Waals surface area (Å²) >= 11 is 8.92. The SMILES string of the molecule is CC(CC(=O)O)CC(=O)Nc1cnc(Cl)c(Br)c1. The van der Waals surface area contributed by atoms with Gasteiger partial charge < -0.3 is 10.4 Å². The zero-order valence-electron chi connectivity index (χ0n) is 9.61. The molecule has 0 aliphatic rings. The number of hydrogen-bond acceptors (Lipinski definition) is 3. The van der Waals surface area contributed by atoms with Gasteiger partial charge in [-0.3, -0.25) is 9.59 Å². The first kappa shape index (κ1) is 14.9. The number of nitrogens with one attached hydrogen (secondary N) is 1. The zero-order chi connectivity index (χ0) is 13.7. The van der Waals surface area contributed by atoms with E-state index in [0.29, 0.717) is 15.3 Å². The van der Waals surface area contributed by atoms with Crippen molar-refractivity contribution in [2.24, 2.45) is 5.92 Å². The van der Waals surface area contributed by atoms with Crippen LogP contribution in [0.15, 0.2) is 16.7 Å². The van der Waals surface area contributed by atoms with Crippen molar-refractivity contribution in [3.05, 3.63) is 21.9 Å². The van der Waals surface area contributed by atoms with Crippen molar-refractivity contribution in [2.45, 2.75) is 19.8 Å². The molecular formula is C11H12BrClN2O3. The smallest absolute Gasteiger partial charge is 0.303 e. The molecule has 0 aliphatic heterocycles. The quantitative estimate of drug-likeness (QED) is 0.811. The fourth-order valence-electron chi connectivity index (χ4n) is 1.39. The number of carboxylic acid groups (broad SMARTS) is 1. The number of halogens is 2. The van der Waals surface area contributed by atoms with Crippen LogP contribution in [-0.2, 0) is 9.59 Å².